The molecule has 0 aliphatic heterocycles. The maximum absolute atomic E-state index is 14.0. The summed E-state index contributed by atoms with van der Waals surface area (Å²) in [6, 6.07) is 3.85. The lowest BCUT2D eigenvalue weighted by atomic mass is 9.89. The Hall–Kier alpha value is -0.850. The SMILES string of the molecule is CC(CCO)(N[S@](=O)C(C)(C)C)c1cccc(F)c1F. The summed E-state index contributed by atoms with van der Waals surface area (Å²) in [7, 11) is -1.47. The zero-order valence-corrected chi connectivity index (χ0v) is 13.0. The molecule has 1 aromatic rings. The lowest BCUT2D eigenvalue weighted by Gasteiger charge is -2.33. The van der Waals surface area contributed by atoms with Crippen LogP contribution in [0.25, 0.3) is 0 Å². The first-order valence-electron chi connectivity index (χ1n) is 6.37. The van der Waals surface area contributed by atoms with Crippen molar-refractivity contribution in [3.63, 3.8) is 0 Å². The molecule has 114 valence electrons. The maximum atomic E-state index is 14.0. The zero-order chi connectivity index (χ0) is 15.6. The van der Waals surface area contributed by atoms with Gasteiger partial charge in [0.25, 0.3) is 0 Å². The molecular formula is C14H21F2NO2S. The van der Waals surface area contributed by atoms with Crippen molar-refractivity contribution in [3.8, 4) is 0 Å². The highest BCUT2D eigenvalue weighted by molar-refractivity contribution is 7.84. The Balaban J connectivity index is 3.21. The van der Waals surface area contributed by atoms with Crippen molar-refractivity contribution in [3.05, 3.63) is 35.4 Å². The molecule has 0 aliphatic carbocycles. The third kappa shape index (κ3) is 3.84. The molecule has 3 nitrogen and oxygen atoms in total. The molecule has 6 heteroatoms. The third-order valence-electron chi connectivity index (χ3n) is 3.03. The number of aliphatic hydroxyl groups excluding tert-OH is 1. The molecule has 0 amide bonds. The van der Waals surface area contributed by atoms with E-state index in [9.17, 15) is 18.1 Å². The molecule has 0 aromatic heterocycles. The number of benzene rings is 1. The summed E-state index contributed by atoms with van der Waals surface area (Å²) in [5.41, 5.74) is -1.05. The van der Waals surface area contributed by atoms with E-state index in [0.717, 1.165) is 6.07 Å². The third-order valence-corrected chi connectivity index (χ3v) is 4.78. The average molecular weight is 305 g/mol. The van der Waals surface area contributed by atoms with Crippen molar-refractivity contribution in [2.45, 2.75) is 44.4 Å². The van der Waals surface area contributed by atoms with Gasteiger partial charge in [-0.25, -0.2) is 17.7 Å². The molecule has 2 atom stereocenters. The zero-order valence-electron chi connectivity index (χ0n) is 12.2. The highest BCUT2D eigenvalue weighted by Gasteiger charge is 2.34. The molecule has 1 rings (SSSR count). The van der Waals surface area contributed by atoms with Crippen molar-refractivity contribution >= 4 is 11.0 Å². The average Bonchev–Trinajstić information content (AvgIpc) is 2.31. The molecule has 0 bridgehead atoms. The molecular weight excluding hydrogens is 284 g/mol. The second-order valence-corrected chi connectivity index (χ2v) is 7.86. The fourth-order valence-corrected chi connectivity index (χ4v) is 2.68. The van der Waals surface area contributed by atoms with Crippen LogP contribution in [0.4, 0.5) is 8.78 Å². The summed E-state index contributed by atoms with van der Waals surface area (Å²) in [5, 5.41) is 9.18. The molecule has 1 aromatic carbocycles. The van der Waals surface area contributed by atoms with E-state index < -0.39 is 32.9 Å². The van der Waals surface area contributed by atoms with Gasteiger partial charge in [0.05, 0.1) is 21.3 Å². The Bertz CT molecular complexity index is 502. The van der Waals surface area contributed by atoms with E-state index >= 15 is 0 Å². The van der Waals surface area contributed by atoms with Gasteiger partial charge in [0.2, 0.25) is 0 Å². The van der Waals surface area contributed by atoms with Crippen LogP contribution >= 0.6 is 0 Å². The number of rotatable bonds is 5. The van der Waals surface area contributed by atoms with Crippen LogP contribution in [0.5, 0.6) is 0 Å². The van der Waals surface area contributed by atoms with E-state index in [2.05, 4.69) is 4.72 Å². The van der Waals surface area contributed by atoms with Gasteiger partial charge in [-0.1, -0.05) is 12.1 Å². The van der Waals surface area contributed by atoms with Crippen molar-refractivity contribution in [1.82, 2.24) is 4.72 Å². The van der Waals surface area contributed by atoms with Gasteiger partial charge in [0, 0.05) is 12.2 Å². The summed E-state index contributed by atoms with van der Waals surface area (Å²) >= 11 is 0. The van der Waals surface area contributed by atoms with Crippen LogP contribution in [-0.4, -0.2) is 20.7 Å². The Morgan fingerprint density at radius 3 is 2.35 bits per heavy atom. The molecule has 0 spiro atoms. The maximum Gasteiger partial charge on any atom is 0.163 e. The molecule has 0 radical (unpaired) electrons. The number of hydrogen-bond acceptors (Lipinski definition) is 2. The van der Waals surface area contributed by atoms with Crippen LogP contribution in [0.2, 0.25) is 0 Å². The van der Waals surface area contributed by atoms with Crippen LogP contribution in [0.15, 0.2) is 18.2 Å². The van der Waals surface area contributed by atoms with Gasteiger partial charge < -0.3 is 5.11 Å². The molecule has 0 heterocycles. The van der Waals surface area contributed by atoms with Gasteiger partial charge in [0.15, 0.2) is 11.6 Å². The molecule has 0 saturated carbocycles. The van der Waals surface area contributed by atoms with Gasteiger partial charge >= 0.3 is 0 Å². The molecule has 2 N–H and O–H groups in total. The molecule has 20 heavy (non-hydrogen) atoms. The van der Waals surface area contributed by atoms with E-state index in [1.807, 2.05) is 0 Å². The number of halogens is 2. The van der Waals surface area contributed by atoms with Crippen molar-refractivity contribution < 1.29 is 18.1 Å². The summed E-state index contributed by atoms with van der Waals surface area (Å²) in [6.07, 6.45) is 0.120. The van der Waals surface area contributed by atoms with Crippen LogP contribution in [0.1, 0.15) is 39.7 Å². The van der Waals surface area contributed by atoms with Gasteiger partial charge in [0.1, 0.15) is 0 Å². The van der Waals surface area contributed by atoms with Crippen LogP contribution in [0, 0.1) is 11.6 Å². The summed E-state index contributed by atoms with van der Waals surface area (Å²) < 4.78 is 41.8. The monoisotopic (exact) mass is 305 g/mol. The summed E-state index contributed by atoms with van der Waals surface area (Å²) in [6.45, 7) is 6.69. The van der Waals surface area contributed by atoms with E-state index in [-0.39, 0.29) is 18.6 Å². The standard InChI is InChI=1S/C14H21F2NO2S/c1-13(2,3)20(19)17-14(4,8-9-18)10-6-5-7-11(15)12(10)16/h5-7,17-18H,8-9H2,1-4H3/t14?,20-/m1/s1. The number of hydrogen-bond donors (Lipinski definition) is 2. The fourth-order valence-electron chi connectivity index (χ4n) is 1.75. The first kappa shape index (κ1) is 17.2. The molecule has 0 fully saturated rings. The molecule has 0 aliphatic rings. The molecule has 0 saturated heterocycles. The predicted molar refractivity (Wildman–Crippen MR) is 76.4 cm³/mol. The van der Waals surface area contributed by atoms with Crippen molar-refractivity contribution in [1.29, 1.82) is 0 Å². The normalized spacial score (nSPS) is 16.8. The summed E-state index contributed by atoms with van der Waals surface area (Å²) in [5.74, 6) is -1.95. The van der Waals surface area contributed by atoms with E-state index in [1.54, 1.807) is 27.7 Å². The van der Waals surface area contributed by atoms with E-state index in [0.29, 0.717) is 0 Å². The van der Waals surface area contributed by atoms with Gasteiger partial charge in [-0.05, 0) is 40.2 Å². The summed E-state index contributed by atoms with van der Waals surface area (Å²) in [4.78, 5) is 0. The van der Waals surface area contributed by atoms with Crippen molar-refractivity contribution in [2.24, 2.45) is 0 Å². The smallest absolute Gasteiger partial charge is 0.163 e. The lowest BCUT2D eigenvalue weighted by molar-refractivity contribution is 0.234. The largest absolute Gasteiger partial charge is 0.396 e. The van der Waals surface area contributed by atoms with E-state index in [1.165, 1.54) is 12.1 Å². The van der Waals surface area contributed by atoms with Crippen LogP contribution in [0.3, 0.4) is 0 Å². The Morgan fingerprint density at radius 2 is 1.85 bits per heavy atom. The Kier molecular flexibility index (Phi) is 5.40. The van der Waals surface area contributed by atoms with Crippen LogP contribution < -0.4 is 4.72 Å². The topological polar surface area (TPSA) is 49.3 Å². The quantitative estimate of drug-likeness (QED) is 0.878. The number of aliphatic hydroxyl groups is 1. The first-order chi connectivity index (χ1) is 9.12. The van der Waals surface area contributed by atoms with Crippen LogP contribution in [-0.2, 0) is 16.5 Å². The van der Waals surface area contributed by atoms with Gasteiger partial charge in [-0.15, -0.1) is 0 Å². The van der Waals surface area contributed by atoms with E-state index in [4.69, 9.17) is 0 Å². The van der Waals surface area contributed by atoms with Gasteiger partial charge in [-0.3, -0.25) is 0 Å². The first-order valence-corrected chi connectivity index (χ1v) is 7.52. The minimum Gasteiger partial charge on any atom is -0.396 e. The Labute approximate surface area is 121 Å². The lowest BCUT2D eigenvalue weighted by Crippen LogP contribution is -2.47. The second-order valence-electron chi connectivity index (χ2n) is 5.89. The second kappa shape index (κ2) is 6.28. The molecule has 1 unspecified atom stereocenters. The Morgan fingerprint density at radius 1 is 1.25 bits per heavy atom. The fraction of sp³-hybridized carbons (Fsp3) is 0.571. The number of nitrogens with one attached hydrogen (secondary N) is 1. The highest BCUT2D eigenvalue weighted by Crippen LogP contribution is 2.29. The van der Waals surface area contributed by atoms with Crippen molar-refractivity contribution in [2.75, 3.05) is 6.61 Å². The van der Waals surface area contributed by atoms with Gasteiger partial charge in [-0.2, -0.15) is 0 Å². The minimum atomic E-state index is -1.47. The highest BCUT2D eigenvalue weighted by atomic mass is 32.2. The minimum absolute atomic E-state index is 0.0594. The predicted octanol–water partition coefficient (Wildman–Crippen LogP) is 2.61.